The number of hydrogen-bond acceptors (Lipinski definition) is 3. The summed E-state index contributed by atoms with van der Waals surface area (Å²) in [5.41, 5.74) is 6.22. The lowest BCUT2D eigenvalue weighted by molar-refractivity contribution is 0.0495. The van der Waals surface area contributed by atoms with Gasteiger partial charge in [-0.05, 0) is 39.2 Å². The molecule has 0 aromatic heterocycles. The molecule has 0 bridgehead atoms. The summed E-state index contributed by atoms with van der Waals surface area (Å²) in [6.07, 6.45) is 2.58. The molecule has 0 aromatic rings. The lowest BCUT2D eigenvalue weighted by Crippen LogP contribution is -2.52. The second-order valence-corrected chi connectivity index (χ2v) is 5.35. The van der Waals surface area contributed by atoms with Crippen molar-refractivity contribution >= 4 is 0 Å². The van der Waals surface area contributed by atoms with E-state index in [0.717, 1.165) is 13.2 Å². The van der Waals surface area contributed by atoms with Gasteiger partial charge in [0, 0.05) is 25.2 Å². The molecule has 2 unspecified atom stereocenters. The fourth-order valence-corrected chi connectivity index (χ4v) is 2.78. The normalized spacial score (nSPS) is 25.4. The summed E-state index contributed by atoms with van der Waals surface area (Å²) in [5, 5.41) is 0. The summed E-state index contributed by atoms with van der Waals surface area (Å²) < 4.78 is 5.23. The van der Waals surface area contributed by atoms with Crippen molar-refractivity contribution in [3.8, 4) is 0 Å². The van der Waals surface area contributed by atoms with Gasteiger partial charge in [0.25, 0.3) is 0 Å². The molecule has 0 radical (unpaired) electrons. The fraction of sp³-hybridized carbons (Fsp3) is 1.00. The maximum atomic E-state index is 5.91. The molecule has 0 aliphatic carbocycles. The van der Waals surface area contributed by atoms with Crippen molar-refractivity contribution in [2.45, 2.75) is 45.2 Å². The number of nitrogens with two attached hydrogens (primary N) is 1. The van der Waals surface area contributed by atoms with E-state index in [4.69, 9.17) is 10.5 Å². The van der Waals surface area contributed by atoms with E-state index in [1.54, 1.807) is 7.11 Å². The Labute approximate surface area is 94.0 Å². The number of nitrogens with zero attached hydrogens (tertiary/aromatic N) is 1. The number of likely N-dealkylation sites (tertiary alicyclic amines) is 1. The van der Waals surface area contributed by atoms with Crippen molar-refractivity contribution in [3.63, 3.8) is 0 Å². The quantitative estimate of drug-likeness (QED) is 0.753. The SMILES string of the molecule is COCC(C)C(CN)N1CCCC1(C)C. The van der Waals surface area contributed by atoms with Crippen molar-refractivity contribution in [2.24, 2.45) is 11.7 Å². The molecule has 1 saturated heterocycles. The van der Waals surface area contributed by atoms with E-state index in [9.17, 15) is 0 Å². The van der Waals surface area contributed by atoms with Gasteiger partial charge in [-0.15, -0.1) is 0 Å². The molecule has 0 spiro atoms. The van der Waals surface area contributed by atoms with Gasteiger partial charge in [0.2, 0.25) is 0 Å². The highest BCUT2D eigenvalue weighted by atomic mass is 16.5. The molecular formula is C12H26N2O. The Morgan fingerprint density at radius 3 is 2.53 bits per heavy atom. The maximum absolute atomic E-state index is 5.91. The highest BCUT2D eigenvalue weighted by Gasteiger charge is 2.37. The third-order valence-corrected chi connectivity index (χ3v) is 3.69. The van der Waals surface area contributed by atoms with E-state index < -0.39 is 0 Å². The number of rotatable bonds is 5. The van der Waals surface area contributed by atoms with Crippen LogP contribution >= 0.6 is 0 Å². The summed E-state index contributed by atoms with van der Waals surface area (Å²) in [7, 11) is 1.76. The highest BCUT2D eigenvalue weighted by molar-refractivity contribution is 4.93. The van der Waals surface area contributed by atoms with Crippen molar-refractivity contribution in [3.05, 3.63) is 0 Å². The van der Waals surface area contributed by atoms with Gasteiger partial charge in [0.1, 0.15) is 0 Å². The largest absolute Gasteiger partial charge is 0.384 e. The molecule has 1 aliphatic heterocycles. The average molecular weight is 214 g/mol. The monoisotopic (exact) mass is 214 g/mol. The van der Waals surface area contributed by atoms with Gasteiger partial charge in [-0.3, -0.25) is 4.90 Å². The first kappa shape index (κ1) is 12.9. The van der Waals surface area contributed by atoms with Crippen LogP contribution in [0, 0.1) is 5.92 Å². The Morgan fingerprint density at radius 1 is 1.47 bits per heavy atom. The molecule has 15 heavy (non-hydrogen) atoms. The summed E-state index contributed by atoms with van der Waals surface area (Å²) in [4.78, 5) is 2.57. The standard InChI is InChI=1S/C12H26N2O/c1-10(9-15-4)11(8-13)14-7-5-6-12(14,2)3/h10-11H,5-9,13H2,1-4H3. The minimum Gasteiger partial charge on any atom is -0.384 e. The molecule has 0 aromatic carbocycles. The van der Waals surface area contributed by atoms with Crippen molar-refractivity contribution in [1.29, 1.82) is 0 Å². The fourth-order valence-electron chi connectivity index (χ4n) is 2.78. The van der Waals surface area contributed by atoms with E-state index >= 15 is 0 Å². The Balaban J connectivity index is 2.65. The van der Waals surface area contributed by atoms with Crippen LogP contribution in [0.5, 0.6) is 0 Å². The summed E-state index contributed by atoms with van der Waals surface area (Å²) in [6.45, 7) is 9.59. The minimum atomic E-state index is 0.312. The number of methoxy groups -OCH3 is 1. The molecule has 3 heteroatoms. The molecule has 90 valence electrons. The molecule has 1 rings (SSSR count). The molecule has 1 heterocycles. The van der Waals surface area contributed by atoms with Crippen molar-refractivity contribution in [1.82, 2.24) is 4.90 Å². The van der Waals surface area contributed by atoms with Gasteiger partial charge >= 0.3 is 0 Å². The zero-order chi connectivity index (χ0) is 11.5. The van der Waals surface area contributed by atoms with Crippen LogP contribution in [0.2, 0.25) is 0 Å². The zero-order valence-corrected chi connectivity index (χ0v) is 10.6. The van der Waals surface area contributed by atoms with Gasteiger partial charge in [-0.1, -0.05) is 6.92 Å². The molecule has 1 fully saturated rings. The zero-order valence-electron chi connectivity index (χ0n) is 10.6. The van der Waals surface area contributed by atoms with E-state index in [-0.39, 0.29) is 0 Å². The summed E-state index contributed by atoms with van der Waals surface area (Å²) >= 11 is 0. The maximum Gasteiger partial charge on any atom is 0.0503 e. The van der Waals surface area contributed by atoms with Crippen LogP contribution in [0.4, 0.5) is 0 Å². The third kappa shape index (κ3) is 2.92. The van der Waals surface area contributed by atoms with Crippen molar-refractivity contribution < 1.29 is 4.74 Å². The smallest absolute Gasteiger partial charge is 0.0503 e. The van der Waals surface area contributed by atoms with Gasteiger partial charge < -0.3 is 10.5 Å². The van der Waals surface area contributed by atoms with Crippen LogP contribution in [0.25, 0.3) is 0 Å². The van der Waals surface area contributed by atoms with Gasteiger partial charge in [0.15, 0.2) is 0 Å². The topological polar surface area (TPSA) is 38.5 Å². The second-order valence-electron chi connectivity index (χ2n) is 5.35. The van der Waals surface area contributed by atoms with E-state index in [0.29, 0.717) is 17.5 Å². The molecule has 2 atom stereocenters. The lowest BCUT2D eigenvalue weighted by Gasteiger charge is -2.40. The van der Waals surface area contributed by atoms with E-state index in [2.05, 4.69) is 25.7 Å². The second kappa shape index (κ2) is 5.28. The summed E-state index contributed by atoms with van der Waals surface area (Å²) in [5.74, 6) is 0.511. The van der Waals surface area contributed by atoms with Crippen LogP contribution in [0.3, 0.4) is 0 Å². The highest BCUT2D eigenvalue weighted by Crippen LogP contribution is 2.32. The van der Waals surface area contributed by atoms with Crippen molar-refractivity contribution in [2.75, 3.05) is 26.8 Å². The van der Waals surface area contributed by atoms with E-state index in [1.165, 1.54) is 19.4 Å². The molecule has 2 N–H and O–H groups in total. The van der Waals surface area contributed by atoms with Crippen LogP contribution < -0.4 is 5.73 Å². The van der Waals surface area contributed by atoms with Crippen LogP contribution in [-0.2, 0) is 4.74 Å². The molecule has 0 saturated carbocycles. The average Bonchev–Trinajstić information content (AvgIpc) is 2.48. The first-order valence-electron chi connectivity index (χ1n) is 5.98. The molecule has 0 amide bonds. The Kier molecular flexibility index (Phi) is 4.56. The van der Waals surface area contributed by atoms with Gasteiger partial charge in [-0.25, -0.2) is 0 Å². The molecule has 1 aliphatic rings. The van der Waals surface area contributed by atoms with E-state index in [1.807, 2.05) is 0 Å². The van der Waals surface area contributed by atoms with Crippen LogP contribution in [-0.4, -0.2) is 43.3 Å². The number of hydrogen-bond donors (Lipinski definition) is 1. The Hall–Kier alpha value is -0.120. The first-order valence-corrected chi connectivity index (χ1v) is 5.98. The van der Waals surface area contributed by atoms with Crippen LogP contribution in [0.1, 0.15) is 33.6 Å². The predicted octanol–water partition coefficient (Wildman–Crippen LogP) is 1.47. The lowest BCUT2D eigenvalue weighted by atomic mass is 9.95. The number of ether oxygens (including phenoxy) is 1. The Bertz CT molecular complexity index is 194. The van der Waals surface area contributed by atoms with Gasteiger partial charge in [0.05, 0.1) is 6.61 Å². The summed E-state index contributed by atoms with van der Waals surface area (Å²) in [6, 6.07) is 0.461. The van der Waals surface area contributed by atoms with Gasteiger partial charge in [-0.2, -0.15) is 0 Å². The third-order valence-electron chi connectivity index (χ3n) is 3.69. The predicted molar refractivity (Wildman–Crippen MR) is 63.9 cm³/mol. The Morgan fingerprint density at radius 2 is 2.13 bits per heavy atom. The van der Waals surface area contributed by atoms with Crippen LogP contribution in [0.15, 0.2) is 0 Å². The minimum absolute atomic E-state index is 0.312. The molecule has 3 nitrogen and oxygen atoms in total. The molecular weight excluding hydrogens is 188 g/mol. The first-order chi connectivity index (χ1) is 7.03.